The third-order valence-corrected chi connectivity index (χ3v) is 7.01. The van der Waals surface area contributed by atoms with Crippen LogP contribution in [0.4, 0.5) is 0 Å². The van der Waals surface area contributed by atoms with Crippen molar-refractivity contribution in [2.24, 2.45) is 0 Å². The lowest BCUT2D eigenvalue weighted by Crippen LogP contribution is -2.16. The number of aryl methyl sites for hydroxylation is 2. The van der Waals surface area contributed by atoms with Gasteiger partial charge in [0, 0.05) is 40.0 Å². The topological polar surface area (TPSA) is 74.1 Å². The van der Waals surface area contributed by atoms with E-state index in [0.717, 1.165) is 35.1 Å². The Morgan fingerprint density at radius 3 is 2.75 bits per heavy atom. The maximum Gasteiger partial charge on any atom is 0.312 e. The van der Waals surface area contributed by atoms with Gasteiger partial charge in [-0.3, -0.25) is 14.6 Å². The summed E-state index contributed by atoms with van der Waals surface area (Å²) in [6.07, 6.45) is 2.65. The largest absolute Gasteiger partial charge is 0.457 e. The minimum Gasteiger partial charge on any atom is -0.457 e. The van der Waals surface area contributed by atoms with Gasteiger partial charge in [0.2, 0.25) is 5.78 Å². The molecule has 4 rings (SSSR count). The zero-order valence-corrected chi connectivity index (χ0v) is 19.5. The number of Topliss-reactive ketones (excluding diaryl/α,β-unsaturated/α-hetero) is 1. The number of hydrogen-bond acceptors (Lipinski definition) is 7. The van der Waals surface area contributed by atoms with Crippen molar-refractivity contribution in [3.05, 3.63) is 80.9 Å². The number of ketones is 1. The molecule has 0 aliphatic heterocycles. The third-order valence-electron chi connectivity index (χ3n) is 5.16. The average molecular weight is 466 g/mol. The Balaban J connectivity index is 1.32. The molecular weight excluding hydrogens is 442 g/mol. The molecule has 32 heavy (non-hydrogen) atoms. The summed E-state index contributed by atoms with van der Waals surface area (Å²) in [6.45, 7) is 4.47. The number of hydrogen-bond donors (Lipinski definition) is 0. The van der Waals surface area contributed by atoms with Gasteiger partial charge in [-0.2, -0.15) is 0 Å². The van der Waals surface area contributed by atoms with Gasteiger partial charge in [-0.1, -0.05) is 12.1 Å². The van der Waals surface area contributed by atoms with E-state index in [1.165, 1.54) is 16.2 Å². The molecule has 0 aliphatic rings. The van der Waals surface area contributed by atoms with E-state index in [1.54, 1.807) is 17.5 Å². The van der Waals surface area contributed by atoms with E-state index in [0.29, 0.717) is 11.3 Å². The lowest BCUT2D eigenvalue weighted by Gasteiger charge is -2.09. The van der Waals surface area contributed by atoms with Crippen LogP contribution in [0.5, 0.6) is 0 Å². The molecule has 0 bridgehead atoms. The molecule has 0 saturated heterocycles. The third kappa shape index (κ3) is 5.20. The number of ether oxygens (including phenoxy) is 1. The van der Waals surface area contributed by atoms with Gasteiger partial charge >= 0.3 is 5.97 Å². The van der Waals surface area contributed by atoms with Crippen LogP contribution in [-0.2, 0) is 28.9 Å². The lowest BCUT2D eigenvalue weighted by molar-refractivity contribution is -0.141. The van der Waals surface area contributed by atoms with Crippen molar-refractivity contribution >= 4 is 34.4 Å². The normalized spacial score (nSPS) is 10.9. The zero-order valence-electron chi connectivity index (χ0n) is 17.9. The van der Waals surface area contributed by atoms with Crippen LogP contribution in [0.1, 0.15) is 32.3 Å². The van der Waals surface area contributed by atoms with Crippen LogP contribution < -0.4 is 0 Å². The first-order chi connectivity index (χ1) is 15.5. The molecule has 0 aliphatic carbocycles. The highest BCUT2D eigenvalue weighted by Gasteiger charge is 2.18. The summed E-state index contributed by atoms with van der Waals surface area (Å²) in [7, 11) is 0. The molecule has 0 fully saturated rings. The van der Waals surface area contributed by atoms with E-state index in [9.17, 15) is 9.59 Å². The van der Waals surface area contributed by atoms with Crippen molar-refractivity contribution in [3.63, 3.8) is 0 Å². The van der Waals surface area contributed by atoms with Crippen LogP contribution in [0.2, 0.25) is 0 Å². The number of aromatic nitrogens is 3. The molecule has 164 valence electrons. The van der Waals surface area contributed by atoms with Crippen molar-refractivity contribution in [2.75, 3.05) is 6.61 Å². The maximum atomic E-state index is 12.7. The van der Waals surface area contributed by atoms with Gasteiger partial charge in [-0.15, -0.1) is 22.7 Å². The van der Waals surface area contributed by atoms with Gasteiger partial charge in [-0.25, -0.2) is 4.98 Å². The number of nitrogens with zero attached hydrogens (tertiary/aromatic N) is 3. The van der Waals surface area contributed by atoms with Crippen LogP contribution in [0, 0.1) is 13.8 Å². The number of esters is 1. The SMILES string of the molecule is Cc1cc(C(=O)COC(=O)Cc2csc(-c3ccccn3)n2)c(C)n1CCc1cccs1. The fourth-order valence-corrected chi connectivity index (χ4v) is 5.02. The summed E-state index contributed by atoms with van der Waals surface area (Å²) < 4.78 is 7.40. The Kier molecular flexibility index (Phi) is 6.92. The van der Waals surface area contributed by atoms with Crippen LogP contribution >= 0.6 is 22.7 Å². The second-order valence-electron chi connectivity index (χ2n) is 7.39. The highest BCUT2D eigenvalue weighted by molar-refractivity contribution is 7.13. The maximum absolute atomic E-state index is 12.7. The first-order valence-corrected chi connectivity index (χ1v) is 12.0. The Morgan fingerprint density at radius 2 is 2.00 bits per heavy atom. The smallest absolute Gasteiger partial charge is 0.312 e. The van der Waals surface area contributed by atoms with E-state index >= 15 is 0 Å². The van der Waals surface area contributed by atoms with E-state index in [2.05, 4.69) is 26.0 Å². The molecule has 0 spiro atoms. The van der Waals surface area contributed by atoms with Gasteiger partial charge in [-0.05, 0) is 49.9 Å². The standard InChI is InChI=1S/C24H23N3O3S2/c1-16-12-20(17(2)27(16)10-8-19-6-5-11-31-19)22(28)14-30-23(29)13-18-15-32-24(26-18)21-7-3-4-9-25-21/h3-7,9,11-12,15H,8,10,13-14H2,1-2H3. The number of pyridine rings is 1. The number of thiazole rings is 1. The number of thiophene rings is 1. The van der Waals surface area contributed by atoms with E-state index in [4.69, 9.17) is 4.74 Å². The van der Waals surface area contributed by atoms with Crippen LogP contribution in [0.25, 0.3) is 10.7 Å². The predicted molar refractivity (Wildman–Crippen MR) is 126 cm³/mol. The first kappa shape index (κ1) is 22.1. The van der Waals surface area contributed by atoms with Gasteiger partial charge in [0.25, 0.3) is 0 Å². The molecular formula is C24H23N3O3S2. The van der Waals surface area contributed by atoms with E-state index in [-0.39, 0.29) is 18.8 Å². The second kappa shape index (κ2) is 10.0. The number of rotatable bonds is 9. The van der Waals surface area contributed by atoms with Gasteiger partial charge < -0.3 is 9.30 Å². The molecule has 0 amide bonds. The van der Waals surface area contributed by atoms with Crippen molar-refractivity contribution in [2.45, 2.75) is 33.2 Å². The summed E-state index contributed by atoms with van der Waals surface area (Å²) in [4.78, 5) is 35.0. The minimum absolute atomic E-state index is 0.0243. The highest BCUT2D eigenvalue weighted by atomic mass is 32.1. The Labute approximate surface area is 194 Å². The van der Waals surface area contributed by atoms with Gasteiger partial charge in [0.15, 0.2) is 6.61 Å². The summed E-state index contributed by atoms with van der Waals surface area (Å²) in [6, 6.07) is 11.6. The van der Waals surface area contributed by atoms with Crippen molar-refractivity contribution in [1.29, 1.82) is 0 Å². The predicted octanol–water partition coefficient (Wildman–Crippen LogP) is 4.90. The Morgan fingerprint density at radius 1 is 1.12 bits per heavy atom. The summed E-state index contributed by atoms with van der Waals surface area (Å²) in [5.41, 5.74) is 3.91. The minimum atomic E-state index is -0.470. The fourth-order valence-electron chi connectivity index (χ4n) is 3.52. The lowest BCUT2D eigenvalue weighted by atomic mass is 10.1. The molecule has 4 heterocycles. The van der Waals surface area contributed by atoms with E-state index < -0.39 is 5.97 Å². The van der Waals surface area contributed by atoms with Gasteiger partial charge in [0.05, 0.1) is 17.8 Å². The highest BCUT2D eigenvalue weighted by Crippen LogP contribution is 2.22. The monoisotopic (exact) mass is 465 g/mol. The fraction of sp³-hybridized carbons (Fsp3) is 0.250. The molecule has 0 unspecified atom stereocenters. The molecule has 4 aromatic heterocycles. The van der Waals surface area contributed by atoms with Crippen molar-refractivity contribution in [1.82, 2.24) is 14.5 Å². The number of carbonyl (C=O) groups is 2. The van der Waals surface area contributed by atoms with Crippen LogP contribution in [0.15, 0.2) is 53.4 Å². The summed E-state index contributed by atoms with van der Waals surface area (Å²) >= 11 is 3.16. The van der Waals surface area contributed by atoms with Crippen LogP contribution in [-0.4, -0.2) is 32.9 Å². The molecule has 0 aromatic carbocycles. The molecule has 0 N–H and O–H groups in total. The Hall–Kier alpha value is -3.10. The molecule has 0 saturated carbocycles. The average Bonchev–Trinajstić information content (AvgIpc) is 3.53. The molecule has 0 radical (unpaired) electrons. The van der Waals surface area contributed by atoms with E-state index in [1.807, 2.05) is 49.6 Å². The molecule has 6 nitrogen and oxygen atoms in total. The second-order valence-corrected chi connectivity index (χ2v) is 9.28. The van der Waals surface area contributed by atoms with Gasteiger partial charge in [0.1, 0.15) is 5.01 Å². The zero-order chi connectivity index (χ0) is 22.5. The summed E-state index contributed by atoms with van der Waals surface area (Å²) in [5.74, 6) is -0.663. The Bertz CT molecular complexity index is 1210. The molecule has 0 atom stereocenters. The first-order valence-electron chi connectivity index (χ1n) is 10.2. The quantitative estimate of drug-likeness (QED) is 0.260. The van der Waals surface area contributed by atoms with Crippen molar-refractivity contribution in [3.8, 4) is 10.7 Å². The molecule has 4 aromatic rings. The van der Waals surface area contributed by atoms with Crippen molar-refractivity contribution < 1.29 is 14.3 Å². The summed E-state index contributed by atoms with van der Waals surface area (Å²) in [5, 5.41) is 4.63. The molecule has 8 heteroatoms. The number of carbonyl (C=O) groups excluding carboxylic acids is 2. The van der Waals surface area contributed by atoms with Crippen LogP contribution in [0.3, 0.4) is 0 Å².